The summed E-state index contributed by atoms with van der Waals surface area (Å²) in [5, 5.41) is 0.711. The maximum Gasteiger partial charge on any atom is 0.215 e. The third-order valence-corrected chi connectivity index (χ3v) is 3.39. The Kier molecular flexibility index (Phi) is 4.11. The topological polar surface area (TPSA) is 25.4 Å². The third kappa shape index (κ3) is 3.03. The van der Waals surface area contributed by atoms with Crippen LogP contribution in [0.2, 0.25) is 5.02 Å². The number of rotatable bonds is 3. The van der Waals surface area contributed by atoms with Gasteiger partial charge in [-0.15, -0.1) is 0 Å². The quantitative estimate of drug-likeness (QED) is 0.827. The molecule has 94 valence electrons. The summed E-state index contributed by atoms with van der Waals surface area (Å²) < 4.78 is 5.42. The van der Waals surface area contributed by atoms with Gasteiger partial charge in [0.05, 0.1) is 23.5 Å². The number of piperidine rings is 1. The molecule has 1 aliphatic heterocycles. The first-order valence-corrected chi connectivity index (χ1v) is 6.61. The van der Waals surface area contributed by atoms with E-state index in [1.54, 1.807) is 6.20 Å². The van der Waals surface area contributed by atoms with E-state index in [9.17, 15) is 0 Å². The Morgan fingerprint density at radius 1 is 1.59 bits per heavy atom. The summed E-state index contributed by atoms with van der Waals surface area (Å²) in [4.78, 5) is 6.50. The van der Waals surface area contributed by atoms with E-state index in [2.05, 4.69) is 16.8 Å². The van der Waals surface area contributed by atoms with Gasteiger partial charge >= 0.3 is 0 Å². The molecule has 1 atom stereocenters. The maximum absolute atomic E-state index is 6.22. The lowest BCUT2D eigenvalue weighted by Gasteiger charge is -2.33. The summed E-state index contributed by atoms with van der Waals surface area (Å²) >= 11 is 6.22. The average Bonchev–Trinajstić information content (AvgIpc) is 2.32. The SMILES string of the molecule is CCOc1cc(N2CCC[C@H](C)C2)c(Cl)cn1. The van der Waals surface area contributed by atoms with Crippen LogP contribution in [-0.4, -0.2) is 24.7 Å². The number of hydrogen-bond donors (Lipinski definition) is 0. The number of anilines is 1. The molecule has 0 bridgehead atoms. The zero-order valence-electron chi connectivity index (χ0n) is 10.4. The van der Waals surface area contributed by atoms with Crippen LogP contribution >= 0.6 is 11.6 Å². The number of aromatic nitrogens is 1. The van der Waals surface area contributed by atoms with Crippen molar-refractivity contribution in [3.05, 3.63) is 17.3 Å². The molecule has 0 amide bonds. The average molecular weight is 255 g/mol. The zero-order chi connectivity index (χ0) is 12.3. The van der Waals surface area contributed by atoms with Crippen molar-refractivity contribution in [1.82, 2.24) is 4.98 Å². The molecular weight excluding hydrogens is 236 g/mol. The lowest BCUT2D eigenvalue weighted by molar-refractivity contribution is 0.326. The second-order valence-corrected chi connectivity index (χ2v) is 5.01. The fraction of sp³-hybridized carbons (Fsp3) is 0.615. The largest absolute Gasteiger partial charge is 0.478 e. The van der Waals surface area contributed by atoms with Gasteiger partial charge in [-0.25, -0.2) is 4.98 Å². The van der Waals surface area contributed by atoms with Crippen molar-refractivity contribution in [2.24, 2.45) is 5.92 Å². The van der Waals surface area contributed by atoms with Crippen LogP contribution in [0, 0.1) is 5.92 Å². The Morgan fingerprint density at radius 2 is 2.41 bits per heavy atom. The van der Waals surface area contributed by atoms with Crippen LogP contribution in [0.25, 0.3) is 0 Å². The van der Waals surface area contributed by atoms with Crippen molar-refractivity contribution in [1.29, 1.82) is 0 Å². The predicted octanol–water partition coefficient (Wildman–Crippen LogP) is 3.37. The summed E-state index contributed by atoms with van der Waals surface area (Å²) in [6, 6.07) is 1.95. The third-order valence-electron chi connectivity index (χ3n) is 3.10. The van der Waals surface area contributed by atoms with E-state index in [4.69, 9.17) is 16.3 Å². The highest BCUT2D eigenvalue weighted by Crippen LogP contribution is 2.31. The van der Waals surface area contributed by atoms with Crippen molar-refractivity contribution < 1.29 is 4.74 Å². The smallest absolute Gasteiger partial charge is 0.215 e. The molecule has 3 nitrogen and oxygen atoms in total. The number of pyridine rings is 1. The molecule has 1 aromatic rings. The van der Waals surface area contributed by atoms with Gasteiger partial charge in [-0.05, 0) is 25.7 Å². The molecule has 2 heterocycles. The standard InChI is InChI=1S/C13H19ClN2O/c1-3-17-13-7-12(11(14)8-15-13)16-6-4-5-10(2)9-16/h7-8,10H,3-6,9H2,1-2H3/t10-/m0/s1. The molecule has 0 aliphatic carbocycles. The second kappa shape index (κ2) is 5.58. The molecular formula is C13H19ClN2O. The van der Waals surface area contributed by atoms with Crippen LogP contribution in [0.1, 0.15) is 26.7 Å². The molecule has 1 fully saturated rings. The minimum absolute atomic E-state index is 0.629. The number of hydrogen-bond acceptors (Lipinski definition) is 3. The van der Waals surface area contributed by atoms with Gasteiger partial charge < -0.3 is 9.64 Å². The van der Waals surface area contributed by atoms with Gasteiger partial charge in [0, 0.05) is 19.2 Å². The molecule has 1 aromatic heterocycles. The monoisotopic (exact) mass is 254 g/mol. The molecule has 1 aliphatic rings. The molecule has 1 saturated heterocycles. The molecule has 0 saturated carbocycles. The number of nitrogens with zero attached hydrogens (tertiary/aromatic N) is 2. The highest BCUT2D eigenvalue weighted by Gasteiger charge is 2.19. The van der Waals surface area contributed by atoms with E-state index in [1.807, 2.05) is 13.0 Å². The van der Waals surface area contributed by atoms with Gasteiger partial charge in [-0.2, -0.15) is 0 Å². The van der Waals surface area contributed by atoms with Crippen LogP contribution in [0.3, 0.4) is 0 Å². The fourth-order valence-corrected chi connectivity index (χ4v) is 2.51. The van der Waals surface area contributed by atoms with Crippen LogP contribution in [-0.2, 0) is 0 Å². The van der Waals surface area contributed by atoms with Crippen LogP contribution in [0.5, 0.6) is 5.88 Å². The lowest BCUT2D eigenvalue weighted by Crippen LogP contribution is -2.34. The summed E-state index contributed by atoms with van der Waals surface area (Å²) in [6.45, 7) is 7.00. The van der Waals surface area contributed by atoms with E-state index < -0.39 is 0 Å². The highest BCUT2D eigenvalue weighted by molar-refractivity contribution is 6.33. The van der Waals surface area contributed by atoms with Gasteiger partial charge in [-0.3, -0.25) is 0 Å². The van der Waals surface area contributed by atoms with Gasteiger partial charge in [0.1, 0.15) is 0 Å². The van der Waals surface area contributed by atoms with E-state index in [1.165, 1.54) is 12.8 Å². The lowest BCUT2D eigenvalue weighted by atomic mass is 10.00. The first-order chi connectivity index (χ1) is 8.20. The molecule has 0 unspecified atom stereocenters. The van der Waals surface area contributed by atoms with Gasteiger partial charge in [-0.1, -0.05) is 18.5 Å². The Labute approximate surface area is 108 Å². The maximum atomic E-state index is 6.22. The van der Waals surface area contributed by atoms with Crippen LogP contribution in [0.15, 0.2) is 12.3 Å². The fourth-order valence-electron chi connectivity index (χ4n) is 2.29. The number of halogens is 1. The van der Waals surface area contributed by atoms with Crippen molar-refractivity contribution in [2.75, 3.05) is 24.6 Å². The molecule has 4 heteroatoms. The molecule has 0 N–H and O–H groups in total. The summed E-state index contributed by atoms with van der Waals surface area (Å²) in [6.07, 6.45) is 4.21. The first-order valence-electron chi connectivity index (χ1n) is 6.24. The van der Waals surface area contributed by atoms with E-state index >= 15 is 0 Å². The minimum atomic E-state index is 0.629. The van der Waals surface area contributed by atoms with Crippen LogP contribution < -0.4 is 9.64 Å². The summed E-state index contributed by atoms with van der Waals surface area (Å²) in [5.74, 6) is 1.38. The van der Waals surface area contributed by atoms with Gasteiger partial charge in [0.25, 0.3) is 0 Å². The van der Waals surface area contributed by atoms with Gasteiger partial charge in [0.2, 0.25) is 5.88 Å². The van der Waals surface area contributed by atoms with E-state index in [0.29, 0.717) is 17.5 Å². The number of ether oxygens (including phenoxy) is 1. The molecule has 0 spiro atoms. The first kappa shape index (κ1) is 12.5. The normalized spacial score (nSPS) is 20.4. The molecule has 2 rings (SSSR count). The Bertz CT molecular complexity index is 384. The summed E-state index contributed by atoms with van der Waals surface area (Å²) in [5.41, 5.74) is 1.05. The Morgan fingerprint density at radius 3 is 3.12 bits per heavy atom. The van der Waals surface area contributed by atoms with Crippen molar-refractivity contribution >= 4 is 17.3 Å². The van der Waals surface area contributed by atoms with Crippen molar-refractivity contribution in [3.63, 3.8) is 0 Å². The zero-order valence-corrected chi connectivity index (χ0v) is 11.2. The summed E-state index contributed by atoms with van der Waals surface area (Å²) in [7, 11) is 0. The van der Waals surface area contributed by atoms with E-state index in [0.717, 1.165) is 24.7 Å². The second-order valence-electron chi connectivity index (χ2n) is 4.60. The van der Waals surface area contributed by atoms with E-state index in [-0.39, 0.29) is 0 Å². The van der Waals surface area contributed by atoms with Crippen LogP contribution in [0.4, 0.5) is 5.69 Å². The Balaban J connectivity index is 2.20. The molecule has 17 heavy (non-hydrogen) atoms. The highest BCUT2D eigenvalue weighted by atomic mass is 35.5. The molecule has 0 radical (unpaired) electrons. The molecule has 0 aromatic carbocycles. The Hall–Kier alpha value is -0.960. The van der Waals surface area contributed by atoms with Crippen molar-refractivity contribution in [3.8, 4) is 5.88 Å². The van der Waals surface area contributed by atoms with Gasteiger partial charge in [0.15, 0.2) is 0 Å². The minimum Gasteiger partial charge on any atom is -0.478 e. The predicted molar refractivity (Wildman–Crippen MR) is 71.0 cm³/mol. The van der Waals surface area contributed by atoms with Crippen molar-refractivity contribution in [2.45, 2.75) is 26.7 Å².